The maximum Gasteiger partial charge on any atom is 0.347 e. The van der Waals surface area contributed by atoms with Crippen LogP contribution in [-0.4, -0.2) is 38.4 Å². The van der Waals surface area contributed by atoms with E-state index in [4.69, 9.17) is 0 Å². The highest BCUT2D eigenvalue weighted by Gasteiger charge is 2.26. The van der Waals surface area contributed by atoms with E-state index in [0.29, 0.717) is 6.54 Å². The molecule has 3 heterocycles. The number of hydrogen-bond donors (Lipinski definition) is 0. The topological polar surface area (TPSA) is 68.1 Å². The number of amides is 1. The number of carbonyl (C=O) groups is 1. The number of benzene rings is 1. The number of nitrogens with zero attached hydrogens (tertiary/aromatic N) is 4. The van der Waals surface area contributed by atoms with E-state index in [1.165, 1.54) is 16.2 Å². The Morgan fingerprint density at radius 3 is 2.85 bits per heavy atom. The van der Waals surface area contributed by atoms with E-state index in [2.05, 4.69) is 28.2 Å². The monoisotopic (exact) mass is 348 g/mol. The number of carbonyl (C=O) groups excluding carboxylic acids is 1. The fourth-order valence-electron chi connectivity index (χ4n) is 3.52. The number of aromatic nitrogens is 3. The highest BCUT2D eigenvalue weighted by Crippen LogP contribution is 2.27. The summed E-state index contributed by atoms with van der Waals surface area (Å²) in [4.78, 5) is 34.5. The molecule has 0 bridgehead atoms. The molecule has 1 aliphatic rings. The Balaban J connectivity index is 1.50. The number of piperidine rings is 1. The zero-order valence-corrected chi connectivity index (χ0v) is 14.4. The SMILES string of the molecule is O=C(Cn1cccnc1=O)N1CCC[C@@H](c2cc3ccccc3cn2)C1. The molecule has 1 fully saturated rings. The van der Waals surface area contributed by atoms with Crippen LogP contribution in [0.25, 0.3) is 10.8 Å². The van der Waals surface area contributed by atoms with Crippen LogP contribution in [0.15, 0.2) is 59.8 Å². The summed E-state index contributed by atoms with van der Waals surface area (Å²) in [6, 6.07) is 11.9. The molecule has 0 N–H and O–H groups in total. The first-order valence-electron chi connectivity index (χ1n) is 8.84. The molecule has 1 aromatic carbocycles. The minimum Gasteiger partial charge on any atom is -0.340 e. The van der Waals surface area contributed by atoms with Crippen LogP contribution in [0.4, 0.5) is 0 Å². The quantitative estimate of drug-likeness (QED) is 0.728. The largest absolute Gasteiger partial charge is 0.347 e. The summed E-state index contributed by atoms with van der Waals surface area (Å²) in [6.45, 7) is 1.39. The number of fused-ring (bicyclic) bond motifs is 1. The fourth-order valence-corrected chi connectivity index (χ4v) is 3.52. The van der Waals surface area contributed by atoms with E-state index in [1.807, 2.05) is 23.2 Å². The van der Waals surface area contributed by atoms with Crippen LogP contribution in [0.5, 0.6) is 0 Å². The molecule has 2 aromatic heterocycles. The van der Waals surface area contributed by atoms with Crippen molar-refractivity contribution in [1.29, 1.82) is 0 Å². The Hall–Kier alpha value is -3.02. The number of rotatable bonds is 3. The van der Waals surface area contributed by atoms with Gasteiger partial charge in [0.1, 0.15) is 6.54 Å². The van der Waals surface area contributed by atoms with E-state index >= 15 is 0 Å². The predicted octanol–water partition coefficient (Wildman–Crippen LogP) is 2.20. The fraction of sp³-hybridized carbons (Fsp3) is 0.300. The number of likely N-dealkylation sites (tertiary alicyclic amines) is 1. The Morgan fingerprint density at radius 1 is 1.15 bits per heavy atom. The van der Waals surface area contributed by atoms with Gasteiger partial charge in [-0.05, 0) is 30.4 Å². The normalized spacial score (nSPS) is 17.4. The molecule has 1 atom stereocenters. The minimum absolute atomic E-state index is 0.0323. The van der Waals surface area contributed by atoms with Gasteiger partial charge in [-0.25, -0.2) is 9.78 Å². The molecule has 0 saturated carbocycles. The van der Waals surface area contributed by atoms with Gasteiger partial charge in [0.05, 0.1) is 0 Å². The minimum atomic E-state index is -0.398. The van der Waals surface area contributed by atoms with Crippen LogP contribution in [0.1, 0.15) is 24.5 Å². The van der Waals surface area contributed by atoms with Crippen LogP contribution in [0, 0.1) is 0 Å². The molecule has 0 aliphatic carbocycles. The Morgan fingerprint density at radius 2 is 2.00 bits per heavy atom. The first-order chi connectivity index (χ1) is 12.7. The lowest BCUT2D eigenvalue weighted by Gasteiger charge is -2.32. The van der Waals surface area contributed by atoms with Crippen molar-refractivity contribution in [2.45, 2.75) is 25.3 Å². The molecule has 132 valence electrons. The molecule has 1 amide bonds. The predicted molar refractivity (Wildman–Crippen MR) is 98.8 cm³/mol. The van der Waals surface area contributed by atoms with Gasteiger partial charge in [-0.3, -0.25) is 14.3 Å². The van der Waals surface area contributed by atoms with Crippen LogP contribution in [0.3, 0.4) is 0 Å². The first kappa shape index (κ1) is 16.4. The molecule has 6 nitrogen and oxygen atoms in total. The summed E-state index contributed by atoms with van der Waals surface area (Å²) in [5.41, 5.74) is 0.630. The lowest BCUT2D eigenvalue weighted by molar-refractivity contribution is -0.133. The molecule has 26 heavy (non-hydrogen) atoms. The third-order valence-electron chi connectivity index (χ3n) is 4.93. The van der Waals surface area contributed by atoms with Crippen molar-refractivity contribution in [2.75, 3.05) is 13.1 Å². The molecule has 3 aromatic rings. The summed E-state index contributed by atoms with van der Waals surface area (Å²) in [5.74, 6) is 0.175. The van der Waals surface area contributed by atoms with E-state index in [1.54, 1.807) is 12.3 Å². The van der Waals surface area contributed by atoms with Crippen molar-refractivity contribution < 1.29 is 4.79 Å². The van der Waals surface area contributed by atoms with Crippen LogP contribution in [0.2, 0.25) is 0 Å². The second kappa shape index (κ2) is 7.07. The summed E-state index contributed by atoms with van der Waals surface area (Å²) in [7, 11) is 0. The lowest BCUT2D eigenvalue weighted by Crippen LogP contribution is -2.42. The van der Waals surface area contributed by atoms with E-state index in [9.17, 15) is 9.59 Å². The van der Waals surface area contributed by atoms with Gasteiger partial charge in [-0.15, -0.1) is 0 Å². The molecule has 0 radical (unpaired) electrons. The van der Waals surface area contributed by atoms with E-state index in [0.717, 1.165) is 30.5 Å². The van der Waals surface area contributed by atoms with Crippen LogP contribution >= 0.6 is 0 Å². The number of pyridine rings is 1. The molecule has 1 aliphatic heterocycles. The van der Waals surface area contributed by atoms with Crippen molar-refractivity contribution >= 4 is 16.7 Å². The van der Waals surface area contributed by atoms with Gasteiger partial charge in [0.15, 0.2) is 0 Å². The second-order valence-corrected chi connectivity index (χ2v) is 6.67. The maximum atomic E-state index is 12.6. The van der Waals surface area contributed by atoms with Crippen molar-refractivity contribution in [3.8, 4) is 0 Å². The summed E-state index contributed by atoms with van der Waals surface area (Å²) < 4.78 is 1.35. The van der Waals surface area contributed by atoms with Gasteiger partial charge >= 0.3 is 5.69 Å². The Bertz CT molecular complexity index is 998. The van der Waals surface area contributed by atoms with E-state index in [-0.39, 0.29) is 18.4 Å². The van der Waals surface area contributed by atoms with Gasteiger partial charge < -0.3 is 4.90 Å². The highest BCUT2D eigenvalue weighted by molar-refractivity contribution is 5.82. The Kier molecular flexibility index (Phi) is 4.48. The molecule has 0 spiro atoms. The van der Waals surface area contributed by atoms with Crippen LogP contribution in [-0.2, 0) is 11.3 Å². The van der Waals surface area contributed by atoms with Crippen molar-refractivity contribution in [1.82, 2.24) is 19.4 Å². The average molecular weight is 348 g/mol. The van der Waals surface area contributed by atoms with Crippen molar-refractivity contribution in [2.24, 2.45) is 0 Å². The maximum absolute atomic E-state index is 12.6. The highest BCUT2D eigenvalue weighted by atomic mass is 16.2. The molecular weight excluding hydrogens is 328 g/mol. The summed E-state index contributed by atoms with van der Waals surface area (Å²) >= 11 is 0. The molecule has 4 rings (SSSR count). The summed E-state index contributed by atoms with van der Waals surface area (Å²) in [6.07, 6.45) is 6.89. The first-order valence-corrected chi connectivity index (χ1v) is 8.84. The Labute approximate surface area is 151 Å². The smallest absolute Gasteiger partial charge is 0.340 e. The van der Waals surface area contributed by atoms with Crippen molar-refractivity contribution in [3.05, 3.63) is 71.2 Å². The zero-order valence-electron chi connectivity index (χ0n) is 14.4. The van der Waals surface area contributed by atoms with E-state index < -0.39 is 5.69 Å². The number of hydrogen-bond acceptors (Lipinski definition) is 4. The average Bonchev–Trinajstić information content (AvgIpc) is 2.69. The van der Waals surface area contributed by atoms with Crippen molar-refractivity contribution in [3.63, 3.8) is 0 Å². The molecule has 0 unspecified atom stereocenters. The standard InChI is InChI=1S/C20H20N4O2/c25-19(14-24-10-4-8-21-20(24)26)23-9-3-7-17(13-23)18-11-15-5-1-2-6-16(15)12-22-18/h1-2,4-6,8,10-12,17H,3,7,9,13-14H2/t17-/m1/s1. The van der Waals surface area contributed by atoms with Crippen LogP contribution < -0.4 is 5.69 Å². The lowest BCUT2D eigenvalue weighted by atomic mass is 9.93. The summed E-state index contributed by atoms with van der Waals surface area (Å²) in [5, 5.41) is 2.29. The van der Waals surface area contributed by atoms with Gasteiger partial charge in [0.2, 0.25) is 5.91 Å². The van der Waals surface area contributed by atoms with Gasteiger partial charge in [0.25, 0.3) is 0 Å². The molecule has 6 heteroatoms. The zero-order chi connectivity index (χ0) is 17.9. The van der Waals surface area contributed by atoms with Gasteiger partial charge in [0, 0.05) is 48.7 Å². The third kappa shape index (κ3) is 3.35. The molecular formula is C20H20N4O2. The third-order valence-corrected chi connectivity index (χ3v) is 4.93. The van der Waals surface area contributed by atoms with Gasteiger partial charge in [-0.1, -0.05) is 24.3 Å². The second-order valence-electron chi connectivity index (χ2n) is 6.67. The van der Waals surface area contributed by atoms with Gasteiger partial charge in [-0.2, -0.15) is 0 Å². The molecule has 1 saturated heterocycles.